The maximum atomic E-state index is 11.4. The first-order valence-electron chi connectivity index (χ1n) is 6.54. The van der Waals surface area contributed by atoms with Gasteiger partial charge < -0.3 is 10.4 Å². The molecule has 0 fully saturated rings. The Morgan fingerprint density at radius 3 is 3.00 bits per heavy atom. The Kier molecular flexibility index (Phi) is 3.94. The third-order valence-corrected chi connectivity index (χ3v) is 4.38. The minimum absolute atomic E-state index is 0.407. The first-order valence-corrected chi connectivity index (χ1v) is 7.36. The van der Waals surface area contributed by atoms with Gasteiger partial charge in [-0.15, -0.1) is 16.4 Å². The molecule has 2 N–H and O–H groups in total. The molecule has 0 atom stereocenters. The van der Waals surface area contributed by atoms with Crippen LogP contribution in [0, 0.1) is 0 Å². The molecule has 0 spiro atoms. The van der Waals surface area contributed by atoms with Gasteiger partial charge in [-0.3, -0.25) is 4.68 Å². The van der Waals surface area contributed by atoms with Crippen LogP contribution in [-0.4, -0.2) is 32.6 Å². The Bertz CT molecular complexity index is 752. The summed E-state index contributed by atoms with van der Waals surface area (Å²) in [6.45, 7) is 1.93. The average Bonchev–Trinajstić information content (AvgIpc) is 3.11. The van der Waals surface area contributed by atoms with Gasteiger partial charge in [-0.25, -0.2) is 4.79 Å². The van der Waals surface area contributed by atoms with Crippen molar-refractivity contribution in [1.82, 2.24) is 20.3 Å². The van der Waals surface area contributed by atoms with Gasteiger partial charge in [0.15, 0.2) is 0 Å². The third-order valence-electron chi connectivity index (χ3n) is 3.18. The van der Waals surface area contributed by atoms with E-state index in [1.54, 1.807) is 17.1 Å². The summed E-state index contributed by atoms with van der Waals surface area (Å²) in [5.74, 6) is -0.871. The van der Waals surface area contributed by atoms with E-state index >= 15 is 0 Å². The molecule has 6 nitrogen and oxygen atoms in total. The lowest BCUT2D eigenvalue weighted by Gasteiger charge is -2.05. The fraction of sp³-hybridized carbons (Fsp3) is 0.214. The van der Waals surface area contributed by atoms with E-state index in [0.717, 1.165) is 15.6 Å². The van der Waals surface area contributed by atoms with E-state index in [2.05, 4.69) is 15.6 Å². The van der Waals surface area contributed by atoms with Crippen LogP contribution in [0.2, 0.25) is 0 Å². The molecule has 0 saturated carbocycles. The minimum atomic E-state index is -0.871. The quantitative estimate of drug-likeness (QED) is 0.681. The standard InChI is InChI=1S/C14H14N4O2S/c19-14(20)13-11(10-3-1-2-4-12(10)21-13)9-15-5-7-18-8-6-16-17-18/h1-4,6,8,15H,5,7,9H2,(H,19,20). The molecule has 0 unspecified atom stereocenters. The van der Waals surface area contributed by atoms with Crippen LogP contribution < -0.4 is 5.32 Å². The van der Waals surface area contributed by atoms with Gasteiger partial charge in [0.05, 0.1) is 12.7 Å². The summed E-state index contributed by atoms with van der Waals surface area (Å²) in [6.07, 6.45) is 3.43. The second-order valence-electron chi connectivity index (χ2n) is 4.55. The third kappa shape index (κ3) is 2.93. The highest BCUT2D eigenvalue weighted by Crippen LogP contribution is 2.31. The molecule has 1 aromatic carbocycles. The van der Waals surface area contributed by atoms with Crippen LogP contribution >= 0.6 is 11.3 Å². The van der Waals surface area contributed by atoms with Crippen LogP contribution in [0.1, 0.15) is 15.2 Å². The SMILES string of the molecule is O=C(O)c1sc2ccccc2c1CNCCn1ccnn1. The highest BCUT2D eigenvalue weighted by molar-refractivity contribution is 7.21. The van der Waals surface area contributed by atoms with E-state index < -0.39 is 5.97 Å². The molecule has 3 rings (SSSR count). The number of carbonyl (C=O) groups is 1. The van der Waals surface area contributed by atoms with Crippen molar-refractivity contribution < 1.29 is 9.90 Å². The largest absolute Gasteiger partial charge is 0.477 e. The van der Waals surface area contributed by atoms with Crippen LogP contribution in [0.15, 0.2) is 36.7 Å². The van der Waals surface area contributed by atoms with E-state index in [1.165, 1.54) is 11.3 Å². The number of nitrogens with one attached hydrogen (secondary N) is 1. The highest BCUT2D eigenvalue weighted by Gasteiger charge is 2.16. The van der Waals surface area contributed by atoms with Gasteiger partial charge in [0.25, 0.3) is 0 Å². The summed E-state index contributed by atoms with van der Waals surface area (Å²) in [5, 5.41) is 21.2. The number of carboxylic acids is 1. The summed E-state index contributed by atoms with van der Waals surface area (Å²) in [4.78, 5) is 11.8. The van der Waals surface area contributed by atoms with E-state index in [4.69, 9.17) is 0 Å². The number of nitrogens with zero attached hydrogens (tertiary/aromatic N) is 3. The molecule has 0 aliphatic carbocycles. The molecule has 0 amide bonds. The number of rotatable bonds is 6. The molecule has 2 heterocycles. The Balaban J connectivity index is 1.73. The average molecular weight is 302 g/mol. The lowest BCUT2D eigenvalue weighted by atomic mass is 10.1. The molecule has 0 saturated heterocycles. The van der Waals surface area contributed by atoms with Crippen molar-refractivity contribution in [3.05, 3.63) is 47.1 Å². The van der Waals surface area contributed by atoms with Crippen LogP contribution in [0.25, 0.3) is 10.1 Å². The van der Waals surface area contributed by atoms with E-state index in [-0.39, 0.29) is 0 Å². The van der Waals surface area contributed by atoms with Gasteiger partial charge in [-0.2, -0.15) is 0 Å². The molecular formula is C14H14N4O2S. The van der Waals surface area contributed by atoms with Gasteiger partial charge >= 0.3 is 5.97 Å². The molecule has 0 bridgehead atoms. The first kappa shape index (κ1) is 13.7. The van der Waals surface area contributed by atoms with Crippen molar-refractivity contribution in [3.8, 4) is 0 Å². The van der Waals surface area contributed by atoms with Crippen molar-refractivity contribution in [3.63, 3.8) is 0 Å². The lowest BCUT2D eigenvalue weighted by molar-refractivity contribution is 0.0701. The first-order chi connectivity index (χ1) is 10.3. The van der Waals surface area contributed by atoms with Crippen LogP contribution in [0.4, 0.5) is 0 Å². The maximum absolute atomic E-state index is 11.4. The summed E-state index contributed by atoms with van der Waals surface area (Å²) >= 11 is 1.32. The van der Waals surface area contributed by atoms with Crippen molar-refractivity contribution in [2.24, 2.45) is 0 Å². The van der Waals surface area contributed by atoms with Crippen molar-refractivity contribution in [2.45, 2.75) is 13.1 Å². The number of hydrogen-bond acceptors (Lipinski definition) is 5. The summed E-state index contributed by atoms with van der Waals surface area (Å²) in [7, 11) is 0. The fourth-order valence-electron chi connectivity index (χ4n) is 2.21. The number of aromatic nitrogens is 3. The Morgan fingerprint density at radius 2 is 2.24 bits per heavy atom. The zero-order chi connectivity index (χ0) is 14.7. The van der Waals surface area contributed by atoms with Crippen molar-refractivity contribution >= 4 is 27.4 Å². The van der Waals surface area contributed by atoms with Crippen LogP contribution in [0.5, 0.6) is 0 Å². The van der Waals surface area contributed by atoms with E-state index in [0.29, 0.717) is 24.5 Å². The zero-order valence-corrected chi connectivity index (χ0v) is 12.0. The van der Waals surface area contributed by atoms with Gasteiger partial charge in [-0.05, 0) is 17.0 Å². The summed E-state index contributed by atoms with van der Waals surface area (Å²) in [6, 6.07) is 7.77. The van der Waals surface area contributed by atoms with Crippen LogP contribution in [-0.2, 0) is 13.1 Å². The Morgan fingerprint density at radius 1 is 1.38 bits per heavy atom. The van der Waals surface area contributed by atoms with Gasteiger partial charge in [0.2, 0.25) is 0 Å². The van der Waals surface area contributed by atoms with E-state index in [1.807, 2.05) is 24.3 Å². The van der Waals surface area contributed by atoms with Gasteiger partial charge in [-0.1, -0.05) is 23.4 Å². The minimum Gasteiger partial charge on any atom is -0.477 e. The second-order valence-corrected chi connectivity index (χ2v) is 5.61. The number of aromatic carboxylic acids is 1. The zero-order valence-electron chi connectivity index (χ0n) is 11.2. The molecule has 3 aromatic rings. The Labute approximate surface area is 125 Å². The number of hydrogen-bond donors (Lipinski definition) is 2. The molecule has 2 aromatic heterocycles. The predicted octanol–water partition coefficient (Wildman–Crippen LogP) is 1.98. The fourth-order valence-corrected chi connectivity index (χ4v) is 3.27. The molecule has 0 aliphatic rings. The van der Waals surface area contributed by atoms with Crippen molar-refractivity contribution in [2.75, 3.05) is 6.54 Å². The molecule has 21 heavy (non-hydrogen) atoms. The lowest BCUT2D eigenvalue weighted by Crippen LogP contribution is -2.20. The maximum Gasteiger partial charge on any atom is 0.346 e. The number of fused-ring (bicyclic) bond motifs is 1. The molecular weight excluding hydrogens is 288 g/mol. The van der Waals surface area contributed by atoms with Gasteiger partial charge in [0.1, 0.15) is 4.88 Å². The smallest absolute Gasteiger partial charge is 0.346 e. The second kappa shape index (κ2) is 6.02. The van der Waals surface area contributed by atoms with E-state index in [9.17, 15) is 9.90 Å². The molecule has 0 radical (unpaired) electrons. The summed E-state index contributed by atoms with van der Waals surface area (Å²) in [5.41, 5.74) is 0.849. The monoisotopic (exact) mass is 302 g/mol. The number of carboxylic acid groups (broad SMARTS) is 1. The van der Waals surface area contributed by atoms with Crippen LogP contribution in [0.3, 0.4) is 0 Å². The topological polar surface area (TPSA) is 80.0 Å². The molecule has 0 aliphatic heterocycles. The summed E-state index contributed by atoms with van der Waals surface area (Å²) < 4.78 is 2.74. The number of benzene rings is 1. The number of thiophene rings is 1. The highest BCUT2D eigenvalue weighted by atomic mass is 32.1. The van der Waals surface area contributed by atoms with Gasteiger partial charge in [0, 0.05) is 24.0 Å². The van der Waals surface area contributed by atoms with Crippen molar-refractivity contribution in [1.29, 1.82) is 0 Å². The normalized spacial score (nSPS) is 11.0. The molecule has 7 heteroatoms. The molecule has 108 valence electrons. The Hall–Kier alpha value is -2.25. The predicted molar refractivity (Wildman–Crippen MR) is 80.5 cm³/mol.